The Morgan fingerprint density at radius 2 is 1.82 bits per heavy atom. The maximum Gasteiger partial charge on any atom is 0.184 e. The lowest BCUT2D eigenvalue weighted by Gasteiger charge is -2.22. The third kappa shape index (κ3) is 3.39. The van der Waals surface area contributed by atoms with Gasteiger partial charge in [-0.1, -0.05) is 6.92 Å². The fraction of sp³-hybridized carbons (Fsp3) is 1.00. The van der Waals surface area contributed by atoms with E-state index in [0.29, 0.717) is 6.10 Å². The van der Waals surface area contributed by atoms with Gasteiger partial charge in [0.2, 0.25) is 0 Å². The van der Waals surface area contributed by atoms with Gasteiger partial charge in [0, 0.05) is 6.10 Å². The molecule has 0 heterocycles. The van der Waals surface area contributed by atoms with Crippen LogP contribution in [-0.2, 0) is 4.43 Å². The molecule has 0 aromatic carbocycles. The third-order valence-electron chi connectivity index (χ3n) is 2.17. The summed E-state index contributed by atoms with van der Waals surface area (Å²) in [6.45, 7) is 9.15. The van der Waals surface area contributed by atoms with Crippen molar-refractivity contribution in [3.8, 4) is 0 Å². The monoisotopic (exact) mass is 172 g/mol. The lowest BCUT2D eigenvalue weighted by atomic mass is 10.1. The van der Waals surface area contributed by atoms with Gasteiger partial charge >= 0.3 is 0 Å². The normalized spacial score (nSPS) is 32.7. The van der Waals surface area contributed by atoms with Crippen LogP contribution in [0.15, 0.2) is 0 Å². The third-order valence-corrected chi connectivity index (χ3v) is 3.21. The maximum atomic E-state index is 6.01. The molecule has 1 rings (SSSR count). The second kappa shape index (κ2) is 3.28. The van der Waals surface area contributed by atoms with E-state index in [2.05, 4.69) is 26.6 Å². The molecular weight excluding hydrogens is 152 g/mol. The Kier molecular flexibility index (Phi) is 2.76. The topological polar surface area (TPSA) is 9.23 Å². The lowest BCUT2D eigenvalue weighted by Crippen LogP contribution is -2.30. The van der Waals surface area contributed by atoms with Crippen LogP contribution < -0.4 is 0 Å². The van der Waals surface area contributed by atoms with Gasteiger partial charge in [0.1, 0.15) is 0 Å². The summed E-state index contributed by atoms with van der Waals surface area (Å²) in [5, 5.41) is 0. The number of rotatable bonds is 2. The first-order valence-electron chi connectivity index (χ1n) is 4.65. The molecule has 0 aromatic rings. The SMILES string of the molecule is CC1CCC(O[Si](C)(C)C)C1. The van der Waals surface area contributed by atoms with Gasteiger partial charge in [-0.25, -0.2) is 0 Å². The summed E-state index contributed by atoms with van der Waals surface area (Å²) in [6.07, 6.45) is 4.56. The van der Waals surface area contributed by atoms with E-state index in [9.17, 15) is 0 Å². The van der Waals surface area contributed by atoms with Crippen LogP contribution in [0.1, 0.15) is 26.2 Å². The van der Waals surface area contributed by atoms with Crippen LogP contribution in [0.5, 0.6) is 0 Å². The molecule has 0 spiro atoms. The van der Waals surface area contributed by atoms with Crippen molar-refractivity contribution in [2.24, 2.45) is 5.92 Å². The zero-order valence-electron chi connectivity index (χ0n) is 8.18. The summed E-state index contributed by atoms with van der Waals surface area (Å²) in [6, 6.07) is 0. The van der Waals surface area contributed by atoms with E-state index < -0.39 is 8.32 Å². The molecule has 0 N–H and O–H groups in total. The molecular formula is C9H20OSi. The smallest absolute Gasteiger partial charge is 0.184 e. The first kappa shape index (κ1) is 9.27. The molecule has 1 saturated carbocycles. The molecule has 0 amide bonds. The highest BCUT2D eigenvalue weighted by Gasteiger charge is 2.26. The summed E-state index contributed by atoms with van der Waals surface area (Å²) < 4.78 is 6.01. The number of hydrogen-bond donors (Lipinski definition) is 0. The summed E-state index contributed by atoms with van der Waals surface area (Å²) in [5.74, 6) is 0.899. The van der Waals surface area contributed by atoms with E-state index in [0.717, 1.165) is 5.92 Å². The van der Waals surface area contributed by atoms with Crippen LogP contribution in [-0.4, -0.2) is 14.4 Å². The van der Waals surface area contributed by atoms with Crippen LogP contribution in [0, 0.1) is 5.92 Å². The van der Waals surface area contributed by atoms with Crippen LogP contribution >= 0.6 is 0 Å². The van der Waals surface area contributed by atoms with Gasteiger partial charge in [0.05, 0.1) is 0 Å². The molecule has 2 heteroatoms. The van der Waals surface area contributed by atoms with Gasteiger partial charge in [0.15, 0.2) is 8.32 Å². The van der Waals surface area contributed by atoms with Gasteiger partial charge in [-0.15, -0.1) is 0 Å². The molecule has 2 unspecified atom stereocenters. The van der Waals surface area contributed by atoms with Gasteiger partial charge < -0.3 is 4.43 Å². The quantitative estimate of drug-likeness (QED) is 0.582. The maximum absolute atomic E-state index is 6.01. The second-order valence-electron chi connectivity index (χ2n) is 4.77. The van der Waals surface area contributed by atoms with Crippen LogP contribution in [0.4, 0.5) is 0 Å². The average Bonchev–Trinajstić information content (AvgIpc) is 2.10. The van der Waals surface area contributed by atoms with Crippen LogP contribution in [0.3, 0.4) is 0 Å². The molecule has 0 saturated heterocycles. The standard InChI is InChI=1S/C9H20OSi/c1-8-5-6-9(7-8)10-11(2,3)4/h8-9H,5-7H2,1-4H3. The summed E-state index contributed by atoms with van der Waals surface area (Å²) in [4.78, 5) is 0. The van der Waals surface area contributed by atoms with E-state index in [4.69, 9.17) is 4.43 Å². The highest BCUT2D eigenvalue weighted by molar-refractivity contribution is 6.69. The molecule has 0 bridgehead atoms. The van der Waals surface area contributed by atoms with Gasteiger partial charge in [-0.2, -0.15) is 0 Å². The van der Waals surface area contributed by atoms with Crippen LogP contribution in [0.25, 0.3) is 0 Å². The van der Waals surface area contributed by atoms with Crippen molar-refractivity contribution in [3.63, 3.8) is 0 Å². The Hall–Kier alpha value is 0.177. The van der Waals surface area contributed by atoms with E-state index in [1.165, 1.54) is 19.3 Å². The molecule has 1 nitrogen and oxygen atoms in total. The minimum Gasteiger partial charge on any atom is -0.415 e. The molecule has 11 heavy (non-hydrogen) atoms. The molecule has 0 radical (unpaired) electrons. The molecule has 0 aromatic heterocycles. The van der Waals surface area contributed by atoms with Crippen LogP contribution in [0.2, 0.25) is 19.6 Å². The highest BCUT2D eigenvalue weighted by atomic mass is 28.4. The minimum absolute atomic E-state index is 0.594. The van der Waals surface area contributed by atoms with Crippen molar-refractivity contribution in [1.29, 1.82) is 0 Å². The minimum atomic E-state index is -1.25. The molecule has 0 aliphatic heterocycles. The second-order valence-corrected chi connectivity index (χ2v) is 9.23. The molecule has 1 aliphatic carbocycles. The van der Waals surface area contributed by atoms with Crippen molar-refractivity contribution >= 4 is 8.32 Å². The Morgan fingerprint density at radius 3 is 2.18 bits per heavy atom. The van der Waals surface area contributed by atoms with Gasteiger partial charge in [-0.05, 0) is 44.8 Å². The summed E-state index contributed by atoms with van der Waals surface area (Å²) in [7, 11) is -1.25. The predicted octanol–water partition coefficient (Wildman–Crippen LogP) is 3.03. The molecule has 1 fully saturated rings. The van der Waals surface area contributed by atoms with Crippen molar-refractivity contribution in [1.82, 2.24) is 0 Å². The molecule has 1 aliphatic rings. The van der Waals surface area contributed by atoms with Crippen molar-refractivity contribution in [2.45, 2.75) is 51.9 Å². The highest BCUT2D eigenvalue weighted by Crippen LogP contribution is 2.28. The zero-order chi connectivity index (χ0) is 8.48. The van der Waals surface area contributed by atoms with E-state index in [1.54, 1.807) is 0 Å². The first-order valence-corrected chi connectivity index (χ1v) is 8.06. The Balaban J connectivity index is 2.29. The Labute approximate surface area is 71.3 Å². The Bertz CT molecular complexity index is 128. The van der Waals surface area contributed by atoms with Gasteiger partial charge in [-0.3, -0.25) is 0 Å². The summed E-state index contributed by atoms with van der Waals surface area (Å²) in [5.41, 5.74) is 0. The molecule has 2 atom stereocenters. The van der Waals surface area contributed by atoms with Crippen molar-refractivity contribution in [3.05, 3.63) is 0 Å². The van der Waals surface area contributed by atoms with E-state index in [1.807, 2.05) is 0 Å². The molecule has 66 valence electrons. The predicted molar refractivity (Wildman–Crippen MR) is 51.2 cm³/mol. The van der Waals surface area contributed by atoms with Gasteiger partial charge in [0.25, 0.3) is 0 Å². The fourth-order valence-corrected chi connectivity index (χ4v) is 2.98. The van der Waals surface area contributed by atoms with Crippen molar-refractivity contribution in [2.75, 3.05) is 0 Å². The zero-order valence-corrected chi connectivity index (χ0v) is 9.18. The fourth-order valence-electron chi connectivity index (χ4n) is 1.76. The number of hydrogen-bond acceptors (Lipinski definition) is 1. The van der Waals surface area contributed by atoms with E-state index >= 15 is 0 Å². The average molecular weight is 172 g/mol. The lowest BCUT2D eigenvalue weighted by molar-refractivity contribution is 0.198. The Morgan fingerprint density at radius 1 is 1.18 bits per heavy atom. The van der Waals surface area contributed by atoms with E-state index in [-0.39, 0.29) is 0 Å². The van der Waals surface area contributed by atoms with Crippen molar-refractivity contribution < 1.29 is 4.43 Å². The summed E-state index contributed by atoms with van der Waals surface area (Å²) >= 11 is 0. The first-order chi connectivity index (χ1) is 4.97. The largest absolute Gasteiger partial charge is 0.415 e.